The summed E-state index contributed by atoms with van der Waals surface area (Å²) in [5, 5.41) is 8.84. The lowest BCUT2D eigenvalue weighted by Gasteiger charge is -2.10. The first kappa shape index (κ1) is 11.9. The maximum atomic E-state index is 8.84. The third-order valence-electron chi connectivity index (χ3n) is 2.28. The average Bonchev–Trinajstić information content (AvgIpc) is 2.45. The Labute approximate surface area is 105 Å². The van der Waals surface area contributed by atoms with Crippen LogP contribution in [0.4, 0.5) is 0 Å². The molecule has 0 unspecified atom stereocenters. The van der Waals surface area contributed by atoms with Gasteiger partial charge in [0.1, 0.15) is 6.61 Å². The van der Waals surface area contributed by atoms with Gasteiger partial charge < -0.3 is 9.47 Å². The number of aromatic nitrogens is 2. The molecule has 1 aromatic carbocycles. The fourth-order valence-corrected chi connectivity index (χ4v) is 1.42. The zero-order valence-corrected chi connectivity index (χ0v) is 9.83. The largest absolute Gasteiger partial charge is 0.493 e. The normalized spacial score (nSPS) is 9.56. The fraction of sp³-hybridized carbons (Fsp3) is 0.154. The number of nitrogens with zero attached hydrogens (tertiary/aromatic N) is 3. The number of nitriles is 1. The number of hydrogen-bond acceptors (Lipinski definition) is 5. The van der Waals surface area contributed by atoms with Crippen molar-refractivity contribution in [2.75, 3.05) is 7.11 Å². The van der Waals surface area contributed by atoms with Crippen LogP contribution in [0, 0.1) is 11.3 Å². The van der Waals surface area contributed by atoms with Crippen molar-refractivity contribution >= 4 is 0 Å². The molecule has 0 N–H and O–H groups in total. The van der Waals surface area contributed by atoms with Crippen LogP contribution in [0.25, 0.3) is 0 Å². The molecule has 0 aliphatic carbocycles. The molecule has 0 aliphatic heterocycles. The minimum absolute atomic E-state index is 0.277. The third kappa shape index (κ3) is 2.74. The van der Waals surface area contributed by atoms with Crippen LogP contribution in [0.5, 0.6) is 11.5 Å². The lowest BCUT2D eigenvalue weighted by molar-refractivity contribution is 0.280. The molecule has 0 spiro atoms. The van der Waals surface area contributed by atoms with Gasteiger partial charge in [-0.05, 0) is 12.1 Å². The van der Waals surface area contributed by atoms with Crippen molar-refractivity contribution in [3.63, 3.8) is 0 Å². The van der Waals surface area contributed by atoms with E-state index in [0.717, 1.165) is 0 Å². The summed E-state index contributed by atoms with van der Waals surface area (Å²) in [4.78, 5) is 8.05. The highest BCUT2D eigenvalue weighted by atomic mass is 16.5. The predicted molar refractivity (Wildman–Crippen MR) is 64.1 cm³/mol. The van der Waals surface area contributed by atoms with Crippen LogP contribution < -0.4 is 9.47 Å². The van der Waals surface area contributed by atoms with E-state index < -0.39 is 0 Å². The molecule has 0 saturated carbocycles. The Kier molecular flexibility index (Phi) is 3.72. The van der Waals surface area contributed by atoms with Crippen molar-refractivity contribution in [1.82, 2.24) is 9.97 Å². The SMILES string of the molecule is COc1ccc(C#N)cc1OCc1cnccn1. The molecular formula is C13H11N3O2. The molecule has 2 rings (SSSR count). The Morgan fingerprint density at radius 2 is 2.17 bits per heavy atom. The lowest BCUT2D eigenvalue weighted by Crippen LogP contribution is -2.00. The Bertz CT molecular complexity index is 564. The Morgan fingerprint density at radius 1 is 1.28 bits per heavy atom. The molecule has 5 heteroatoms. The summed E-state index contributed by atoms with van der Waals surface area (Å²) in [6.07, 6.45) is 4.82. The van der Waals surface area contributed by atoms with E-state index in [0.29, 0.717) is 22.8 Å². The molecule has 2 aromatic rings. The predicted octanol–water partition coefficient (Wildman–Crippen LogP) is 1.94. The van der Waals surface area contributed by atoms with E-state index in [1.54, 1.807) is 43.9 Å². The minimum Gasteiger partial charge on any atom is -0.493 e. The molecule has 0 amide bonds. The van der Waals surface area contributed by atoms with Crippen molar-refractivity contribution < 1.29 is 9.47 Å². The molecule has 0 bridgehead atoms. The van der Waals surface area contributed by atoms with Crippen molar-refractivity contribution in [3.8, 4) is 17.6 Å². The molecule has 0 aliphatic rings. The smallest absolute Gasteiger partial charge is 0.163 e. The number of methoxy groups -OCH3 is 1. The van der Waals surface area contributed by atoms with Gasteiger partial charge in [-0.1, -0.05) is 0 Å². The van der Waals surface area contributed by atoms with Gasteiger partial charge in [0.25, 0.3) is 0 Å². The van der Waals surface area contributed by atoms with Gasteiger partial charge in [0, 0.05) is 18.5 Å². The van der Waals surface area contributed by atoms with Crippen LogP contribution in [0.1, 0.15) is 11.3 Å². The van der Waals surface area contributed by atoms with E-state index in [1.807, 2.05) is 0 Å². The van der Waals surface area contributed by atoms with Gasteiger partial charge in [0.2, 0.25) is 0 Å². The molecule has 0 radical (unpaired) electrons. The third-order valence-corrected chi connectivity index (χ3v) is 2.28. The summed E-state index contributed by atoms with van der Waals surface area (Å²) in [5.74, 6) is 1.10. The summed E-state index contributed by atoms with van der Waals surface area (Å²) in [7, 11) is 1.55. The number of ether oxygens (including phenoxy) is 2. The van der Waals surface area contributed by atoms with E-state index in [2.05, 4.69) is 16.0 Å². The van der Waals surface area contributed by atoms with Gasteiger partial charge in [-0.3, -0.25) is 9.97 Å². The van der Waals surface area contributed by atoms with Gasteiger partial charge in [-0.15, -0.1) is 0 Å². The highest BCUT2D eigenvalue weighted by molar-refractivity contribution is 5.46. The van der Waals surface area contributed by atoms with Crippen LogP contribution in [0.15, 0.2) is 36.8 Å². The maximum Gasteiger partial charge on any atom is 0.163 e. The van der Waals surface area contributed by atoms with Crippen molar-refractivity contribution in [1.29, 1.82) is 5.26 Å². The van der Waals surface area contributed by atoms with E-state index >= 15 is 0 Å². The Hall–Kier alpha value is -2.61. The van der Waals surface area contributed by atoms with Crippen LogP contribution in [-0.2, 0) is 6.61 Å². The van der Waals surface area contributed by atoms with Crippen LogP contribution in [0.3, 0.4) is 0 Å². The molecule has 0 saturated heterocycles. The fourth-order valence-electron chi connectivity index (χ4n) is 1.42. The van der Waals surface area contributed by atoms with Crippen molar-refractivity contribution in [2.24, 2.45) is 0 Å². The first-order valence-electron chi connectivity index (χ1n) is 5.29. The van der Waals surface area contributed by atoms with Gasteiger partial charge in [0.05, 0.1) is 30.6 Å². The second-order valence-corrected chi connectivity index (χ2v) is 3.46. The minimum atomic E-state index is 0.277. The molecule has 18 heavy (non-hydrogen) atoms. The molecule has 1 aromatic heterocycles. The van der Waals surface area contributed by atoms with Gasteiger partial charge >= 0.3 is 0 Å². The number of hydrogen-bond donors (Lipinski definition) is 0. The van der Waals surface area contributed by atoms with Crippen LogP contribution in [-0.4, -0.2) is 17.1 Å². The van der Waals surface area contributed by atoms with Crippen LogP contribution in [0.2, 0.25) is 0 Å². The Balaban J connectivity index is 2.15. The quantitative estimate of drug-likeness (QED) is 0.818. The van der Waals surface area contributed by atoms with Gasteiger partial charge in [0.15, 0.2) is 11.5 Å². The van der Waals surface area contributed by atoms with Crippen LogP contribution >= 0.6 is 0 Å². The van der Waals surface area contributed by atoms with Crippen molar-refractivity contribution in [3.05, 3.63) is 48.0 Å². The number of benzene rings is 1. The van der Waals surface area contributed by atoms with E-state index in [4.69, 9.17) is 14.7 Å². The molecular weight excluding hydrogens is 230 g/mol. The zero-order valence-electron chi connectivity index (χ0n) is 9.83. The molecule has 90 valence electrons. The van der Waals surface area contributed by atoms with Crippen molar-refractivity contribution in [2.45, 2.75) is 6.61 Å². The molecule has 1 heterocycles. The topological polar surface area (TPSA) is 68.0 Å². The monoisotopic (exact) mass is 241 g/mol. The summed E-state index contributed by atoms with van der Waals surface area (Å²) < 4.78 is 10.7. The second-order valence-electron chi connectivity index (χ2n) is 3.46. The highest BCUT2D eigenvalue weighted by Crippen LogP contribution is 2.28. The summed E-state index contributed by atoms with van der Waals surface area (Å²) in [5.41, 5.74) is 1.23. The standard InChI is InChI=1S/C13H11N3O2/c1-17-12-3-2-10(7-14)6-13(12)18-9-11-8-15-4-5-16-11/h2-6,8H,9H2,1H3. The van der Waals surface area contributed by atoms with E-state index in [1.165, 1.54) is 0 Å². The van der Waals surface area contributed by atoms with Gasteiger partial charge in [-0.2, -0.15) is 5.26 Å². The molecule has 0 atom stereocenters. The maximum absolute atomic E-state index is 8.84. The Morgan fingerprint density at radius 3 is 2.83 bits per heavy atom. The summed E-state index contributed by atoms with van der Waals surface area (Å²) >= 11 is 0. The second kappa shape index (κ2) is 5.64. The molecule has 5 nitrogen and oxygen atoms in total. The molecule has 0 fully saturated rings. The first-order valence-corrected chi connectivity index (χ1v) is 5.29. The summed E-state index contributed by atoms with van der Waals surface area (Å²) in [6, 6.07) is 7.06. The summed E-state index contributed by atoms with van der Waals surface area (Å²) in [6.45, 7) is 0.277. The van der Waals surface area contributed by atoms with Gasteiger partial charge in [-0.25, -0.2) is 0 Å². The first-order chi connectivity index (χ1) is 8.83. The lowest BCUT2D eigenvalue weighted by atomic mass is 10.2. The number of rotatable bonds is 4. The van der Waals surface area contributed by atoms with E-state index in [-0.39, 0.29) is 6.61 Å². The zero-order chi connectivity index (χ0) is 12.8. The average molecular weight is 241 g/mol. The van der Waals surface area contributed by atoms with E-state index in [9.17, 15) is 0 Å². The highest BCUT2D eigenvalue weighted by Gasteiger charge is 2.06.